The first kappa shape index (κ1) is 16.8. The lowest BCUT2D eigenvalue weighted by Crippen LogP contribution is -2.15. The molecule has 3 aromatic rings. The molecule has 0 atom stereocenters. The summed E-state index contributed by atoms with van der Waals surface area (Å²) in [4.78, 5) is 18.0. The first-order valence-electron chi connectivity index (χ1n) is 9.20. The SMILES string of the molecule is Cc1nn(C)c2nc(C3CC3)cc(C(=O)Nc3ccccc3C(C)C)c12. The van der Waals surface area contributed by atoms with Crippen LogP contribution in [0.25, 0.3) is 11.0 Å². The smallest absolute Gasteiger partial charge is 0.256 e. The number of aryl methyl sites for hydroxylation is 2. The van der Waals surface area contributed by atoms with E-state index in [-0.39, 0.29) is 5.91 Å². The third-order valence-corrected chi connectivity index (χ3v) is 5.06. The number of fused-ring (bicyclic) bond motifs is 1. The Balaban J connectivity index is 1.80. The highest BCUT2D eigenvalue weighted by Crippen LogP contribution is 2.40. The van der Waals surface area contributed by atoms with Crippen molar-refractivity contribution >= 4 is 22.6 Å². The van der Waals surface area contributed by atoms with Gasteiger partial charge in [-0.15, -0.1) is 0 Å². The minimum absolute atomic E-state index is 0.0940. The van der Waals surface area contributed by atoms with E-state index in [2.05, 4.69) is 30.3 Å². The molecular formula is C21H24N4O. The number of hydrogen-bond acceptors (Lipinski definition) is 3. The highest BCUT2D eigenvalue weighted by molar-refractivity contribution is 6.13. The molecule has 1 saturated carbocycles. The zero-order chi connectivity index (χ0) is 18.4. The van der Waals surface area contributed by atoms with Crippen molar-refractivity contribution in [2.24, 2.45) is 7.05 Å². The summed E-state index contributed by atoms with van der Waals surface area (Å²) < 4.78 is 1.77. The topological polar surface area (TPSA) is 59.8 Å². The van der Waals surface area contributed by atoms with Crippen LogP contribution in [0.15, 0.2) is 30.3 Å². The van der Waals surface area contributed by atoms with Crippen molar-refractivity contribution in [2.45, 2.75) is 45.4 Å². The van der Waals surface area contributed by atoms with Crippen molar-refractivity contribution in [2.75, 3.05) is 5.32 Å². The number of para-hydroxylation sites is 1. The van der Waals surface area contributed by atoms with Crippen molar-refractivity contribution in [3.8, 4) is 0 Å². The third kappa shape index (κ3) is 2.87. The van der Waals surface area contributed by atoms with Crippen LogP contribution in [0, 0.1) is 6.92 Å². The van der Waals surface area contributed by atoms with E-state index in [4.69, 9.17) is 4.98 Å². The van der Waals surface area contributed by atoms with E-state index in [9.17, 15) is 4.79 Å². The normalized spacial score (nSPS) is 14.2. The average Bonchev–Trinajstić information content (AvgIpc) is 3.41. The van der Waals surface area contributed by atoms with E-state index in [1.165, 1.54) is 0 Å². The van der Waals surface area contributed by atoms with Crippen LogP contribution >= 0.6 is 0 Å². The Bertz CT molecular complexity index is 999. The van der Waals surface area contributed by atoms with Gasteiger partial charge in [0, 0.05) is 24.3 Å². The monoisotopic (exact) mass is 348 g/mol. The molecule has 26 heavy (non-hydrogen) atoms. The number of carbonyl (C=O) groups excluding carboxylic acids is 1. The van der Waals surface area contributed by atoms with E-state index >= 15 is 0 Å². The van der Waals surface area contributed by atoms with Crippen molar-refractivity contribution < 1.29 is 4.79 Å². The molecule has 0 aliphatic heterocycles. The molecular weight excluding hydrogens is 324 g/mol. The van der Waals surface area contributed by atoms with E-state index < -0.39 is 0 Å². The summed E-state index contributed by atoms with van der Waals surface area (Å²) in [6.45, 7) is 6.19. The quantitative estimate of drug-likeness (QED) is 0.753. The van der Waals surface area contributed by atoms with Gasteiger partial charge in [-0.05, 0) is 43.4 Å². The maximum Gasteiger partial charge on any atom is 0.256 e. The Hall–Kier alpha value is -2.69. The summed E-state index contributed by atoms with van der Waals surface area (Å²) in [5, 5.41) is 8.44. The minimum Gasteiger partial charge on any atom is -0.322 e. The maximum atomic E-state index is 13.2. The van der Waals surface area contributed by atoms with Crippen molar-refractivity contribution in [3.63, 3.8) is 0 Å². The number of aromatic nitrogens is 3. The molecule has 1 N–H and O–H groups in total. The number of hydrogen-bond donors (Lipinski definition) is 1. The van der Waals surface area contributed by atoms with Gasteiger partial charge in [0.1, 0.15) is 0 Å². The van der Waals surface area contributed by atoms with E-state index in [1.54, 1.807) is 4.68 Å². The number of pyridine rings is 1. The molecule has 0 bridgehead atoms. The summed E-state index contributed by atoms with van der Waals surface area (Å²) in [6, 6.07) is 9.94. The Morgan fingerprint density at radius 1 is 1.27 bits per heavy atom. The van der Waals surface area contributed by atoms with Crippen LogP contribution in [-0.2, 0) is 7.05 Å². The number of anilines is 1. The van der Waals surface area contributed by atoms with Gasteiger partial charge in [0.2, 0.25) is 0 Å². The van der Waals surface area contributed by atoms with Crippen LogP contribution in [0.2, 0.25) is 0 Å². The second-order valence-electron chi connectivity index (χ2n) is 7.47. The second kappa shape index (κ2) is 6.24. The van der Waals surface area contributed by atoms with Gasteiger partial charge in [-0.2, -0.15) is 5.10 Å². The zero-order valence-electron chi connectivity index (χ0n) is 15.7. The largest absolute Gasteiger partial charge is 0.322 e. The summed E-state index contributed by atoms with van der Waals surface area (Å²) >= 11 is 0. The van der Waals surface area contributed by atoms with Gasteiger partial charge in [0.05, 0.1) is 16.6 Å². The Morgan fingerprint density at radius 2 is 2.00 bits per heavy atom. The lowest BCUT2D eigenvalue weighted by Gasteiger charge is -2.14. The van der Waals surface area contributed by atoms with Crippen LogP contribution in [-0.4, -0.2) is 20.7 Å². The first-order valence-corrected chi connectivity index (χ1v) is 9.20. The number of carbonyl (C=O) groups is 1. The van der Waals surface area contributed by atoms with Crippen molar-refractivity contribution in [1.29, 1.82) is 0 Å². The van der Waals surface area contributed by atoms with Gasteiger partial charge in [0.15, 0.2) is 5.65 Å². The highest BCUT2D eigenvalue weighted by Gasteiger charge is 2.28. The number of nitrogens with one attached hydrogen (secondary N) is 1. The molecule has 4 rings (SSSR count). The highest BCUT2D eigenvalue weighted by atomic mass is 16.1. The predicted octanol–water partition coefficient (Wildman–Crippen LogP) is 4.53. The molecule has 1 aliphatic carbocycles. The van der Waals surface area contributed by atoms with Crippen molar-refractivity contribution in [1.82, 2.24) is 14.8 Å². The molecule has 1 amide bonds. The Morgan fingerprint density at radius 3 is 2.69 bits per heavy atom. The molecule has 2 heterocycles. The summed E-state index contributed by atoms with van der Waals surface area (Å²) in [7, 11) is 1.88. The van der Waals surface area contributed by atoms with Gasteiger partial charge < -0.3 is 5.32 Å². The second-order valence-corrected chi connectivity index (χ2v) is 7.47. The van der Waals surface area contributed by atoms with Gasteiger partial charge in [0.25, 0.3) is 5.91 Å². The van der Waals surface area contributed by atoms with Crippen LogP contribution in [0.3, 0.4) is 0 Å². The summed E-state index contributed by atoms with van der Waals surface area (Å²) in [5.41, 5.74) is 5.29. The molecule has 0 radical (unpaired) electrons. The standard InChI is InChI=1S/C21H24N4O/c1-12(2)15-7-5-6-8-17(15)23-21(26)16-11-18(14-9-10-14)22-20-19(16)13(3)24-25(20)4/h5-8,11-12,14H,9-10H2,1-4H3,(H,23,26). The fourth-order valence-corrected chi connectivity index (χ4v) is 3.54. The minimum atomic E-state index is -0.0940. The van der Waals surface area contributed by atoms with Crippen LogP contribution < -0.4 is 5.32 Å². The molecule has 5 nitrogen and oxygen atoms in total. The predicted molar refractivity (Wildman–Crippen MR) is 104 cm³/mol. The zero-order valence-corrected chi connectivity index (χ0v) is 15.7. The molecule has 0 spiro atoms. The van der Waals surface area contributed by atoms with Gasteiger partial charge in [-0.1, -0.05) is 32.0 Å². The molecule has 1 aliphatic rings. The molecule has 1 aromatic carbocycles. The van der Waals surface area contributed by atoms with E-state index in [0.29, 0.717) is 17.4 Å². The first-order chi connectivity index (χ1) is 12.5. The fraction of sp³-hybridized carbons (Fsp3) is 0.381. The maximum absolute atomic E-state index is 13.2. The summed E-state index contributed by atoms with van der Waals surface area (Å²) in [6.07, 6.45) is 2.29. The number of amides is 1. The number of nitrogens with zero attached hydrogens (tertiary/aromatic N) is 3. The van der Waals surface area contributed by atoms with Crippen molar-refractivity contribution in [3.05, 3.63) is 52.8 Å². The van der Waals surface area contributed by atoms with Gasteiger partial charge in [-0.3, -0.25) is 9.48 Å². The lowest BCUT2D eigenvalue weighted by molar-refractivity contribution is 0.102. The Kier molecular flexibility index (Phi) is 4.02. The van der Waals surface area contributed by atoms with E-state index in [1.807, 2.05) is 38.2 Å². The van der Waals surface area contributed by atoms with Crippen LogP contribution in [0.5, 0.6) is 0 Å². The van der Waals surface area contributed by atoms with Gasteiger partial charge >= 0.3 is 0 Å². The Labute approximate surface area is 153 Å². The fourth-order valence-electron chi connectivity index (χ4n) is 3.54. The van der Waals surface area contributed by atoms with Crippen LogP contribution in [0.1, 0.15) is 65.8 Å². The van der Waals surface area contributed by atoms with Crippen LogP contribution in [0.4, 0.5) is 5.69 Å². The molecule has 5 heteroatoms. The number of benzene rings is 1. The lowest BCUT2D eigenvalue weighted by atomic mass is 10.0. The van der Waals surface area contributed by atoms with E-state index in [0.717, 1.165) is 46.5 Å². The van der Waals surface area contributed by atoms with Gasteiger partial charge in [-0.25, -0.2) is 4.98 Å². The molecule has 0 saturated heterocycles. The summed E-state index contributed by atoms with van der Waals surface area (Å²) in [5.74, 6) is 0.721. The average molecular weight is 348 g/mol. The number of rotatable bonds is 4. The molecule has 134 valence electrons. The molecule has 0 unspecified atom stereocenters. The molecule has 1 fully saturated rings. The molecule has 2 aromatic heterocycles. The third-order valence-electron chi connectivity index (χ3n) is 5.06.